The summed E-state index contributed by atoms with van der Waals surface area (Å²) < 4.78 is 42.1. The van der Waals surface area contributed by atoms with Crippen LogP contribution in [-0.2, 0) is 6.54 Å². The fourth-order valence-corrected chi connectivity index (χ4v) is 2.00. The van der Waals surface area contributed by atoms with Crippen LogP contribution in [0.1, 0.15) is 18.4 Å². The maximum atomic E-state index is 12.1. The van der Waals surface area contributed by atoms with Crippen molar-refractivity contribution in [2.75, 3.05) is 40.8 Å². The van der Waals surface area contributed by atoms with E-state index in [0.717, 1.165) is 24.3 Å². The number of nitrogens with one attached hydrogen (secondary N) is 2. The average Bonchev–Trinajstić information content (AvgIpc) is 2.54. The van der Waals surface area contributed by atoms with E-state index >= 15 is 0 Å². The highest BCUT2D eigenvalue weighted by Gasteiger charge is 2.26. The van der Waals surface area contributed by atoms with Gasteiger partial charge in [0, 0.05) is 26.7 Å². The Morgan fingerprint density at radius 2 is 1.81 bits per heavy atom. The maximum absolute atomic E-state index is 12.1. The Labute approximate surface area is 170 Å². The van der Waals surface area contributed by atoms with Gasteiger partial charge in [-0.25, -0.2) is 0 Å². The number of guanidine groups is 1. The molecule has 0 fully saturated rings. The number of nitrogens with zero attached hydrogens (tertiary/aromatic N) is 2. The number of hydrogen-bond donors (Lipinski definition) is 2. The first kappa shape index (κ1) is 24.8. The minimum absolute atomic E-state index is 0. The summed E-state index contributed by atoms with van der Waals surface area (Å²) in [5.41, 5.74) is 0.986. The van der Waals surface area contributed by atoms with Gasteiger partial charge in [-0.3, -0.25) is 4.99 Å². The van der Waals surface area contributed by atoms with Gasteiger partial charge in [0.15, 0.2) is 5.96 Å². The van der Waals surface area contributed by atoms with Crippen molar-refractivity contribution >= 4 is 29.9 Å². The minimum Gasteiger partial charge on any atom is -0.494 e. The van der Waals surface area contributed by atoms with Gasteiger partial charge in [0.1, 0.15) is 5.75 Å². The normalized spacial score (nSPS) is 11.9. The van der Waals surface area contributed by atoms with Crippen LogP contribution in [0.3, 0.4) is 0 Å². The highest BCUT2D eigenvalue weighted by atomic mass is 127. The zero-order chi connectivity index (χ0) is 18.7. The second-order valence-electron chi connectivity index (χ2n) is 5.87. The second-order valence-corrected chi connectivity index (χ2v) is 5.87. The van der Waals surface area contributed by atoms with Crippen LogP contribution in [-0.4, -0.2) is 57.9 Å². The van der Waals surface area contributed by atoms with E-state index < -0.39 is 12.6 Å². The van der Waals surface area contributed by atoms with E-state index in [-0.39, 0.29) is 30.5 Å². The van der Waals surface area contributed by atoms with Gasteiger partial charge in [-0.05, 0) is 38.2 Å². The van der Waals surface area contributed by atoms with Crippen LogP contribution in [0, 0.1) is 0 Å². The van der Waals surface area contributed by atoms with Gasteiger partial charge in [0.2, 0.25) is 0 Å². The maximum Gasteiger partial charge on any atom is 0.390 e. The van der Waals surface area contributed by atoms with Crippen LogP contribution in [0.2, 0.25) is 0 Å². The molecule has 26 heavy (non-hydrogen) atoms. The van der Waals surface area contributed by atoms with E-state index in [4.69, 9.17) is 4.74 Å². The molecule has 0 aliphatic heterocycles. The van der Waals surface area contributed by atoms with Crippen molar-refractivity contribution in [3.63, 3.8) is 0 Å². The molecule has 0 saturated heterocycles. The van der Waals surface area contributed by atoms with Crippen molar-refractivity contribution in [3.8, 4) is 5.75 Å². The lowest BCUT2D eigenvalue weighted by Gasteiger charge is -2.13. The number of hydrogen-bond acceptors (Lipinski definition) is 3. The van der Waals surface area contributed by atoms with Gasteiger partial charge in [-0.15, -0.1) is 24.0 Å². The molecule has 0 atom stereocenters. The molecule has 0 radical (unpaired) electrons. The van der Waals surface area contributed by atoms with Crippen molar-refractivity contribution in [2.24, 2.45) is 4.99 Å². The van der Waals surface area contributed by atoms with E-state index in [2.05, 4.69) is 20.5 Å². The molecule has 9 heteroatoms. The van der Waals surface area contributed by atoms with Gasteiger partial charge in [-0.1, -0.05) is 12.1 Å². The number of ether oxygens (including phenoxy) is 1. The highest BCUT2D eigenvalue weighted by molar-refractivity contribution is 14.0. The molecule has 0 spiro atoms. The number of halogens is 4. The van der Waals surface area contributed by atoms with E-state index in [0.29, 0.717) is 19.1 Å². The summed E-state index contributed by atoms with van der Waals surface area (Å²) in [4.78, 5) is 6.01. The predicted molar refractivity (Wildman–Crippen MR) is 109 cm³/mol. The molecule has 2 N–H and O–H groups in total. The van der Waals surface area contributed by atoms with Gasteiger partial charge >= 0.3 is 6.18 Å². The van der Waals surface area contributed by atoms with Crippen molar-refractivity contribution in [1.29, 1.82) is 0 Å². The van der Waals surface area contributed by atoms with Gasteiger partial charge in [0.05, 0.1) is 13.0 Å². The lowest BCUT2D eigenvalue weighted by molar-refractivity contribution is -0.132. The lowest BCUT2D eigenvalue weighted by atomic mass is 10.2. The summed E-state index contributed by atoms with van der Waals surface area (Å²) in [6, 6.07) is 7.59. The Morgan fingerprint density at radius 1 is 1.15 bits per heavy atom. The molecule has 0 saturated carbocycles. The number of alkyl halides is 3. The Hall–Kier alpha value is -1.23. The molecule has 150 valence electrons. The summed E-state index contributed by atoms with van der Waals surface area (Å²) in [5.74, 6) is 1.14. The van der Waals surface area contributed by atoms with Crippen molar-refractivity contribution in [1.82, 2.24) is 15.5 Å². The van der Waals surface area contributed by atoms with Gasteiger partial charge < -0.3 is 20.3 Å². The SMILES string of the molecule is CN=C(NCCC(F)(F)F)NCc1ccc(OCCCN(C)C)cc1.I. The Balaban J connectivity index is 0.00000625. The molecule has 0 heterocycles. The quantitative estimate of drug-likeness (QED) is 0.243. The van der Waals surface area contributed by atoms with Crippen molar-refractivity contribution < 1.29 is 17.9 Å². The monoisotopic (exact) mass is 488 g/mol. The summed E-state index contributed by atoms with van der Waals surface area (Å²) in [7, 11) is 5.56. The molecule has 5 nitrogen and oxygen atoms in total. The zero-order valence-corrected chi connectivity index (χ0v) is 17.7. The molecule has 0 aromatic heterocycles. The first-order valence-electron chi connectivity index (χ1n) is 8.18. The molecule has 0 unspecified atom stereocenters. The van der Waals surface area contributed by atoms with Crippen LogP contribution in [0.15, 0.2) is 29.3 Å². The molecule has 0 aliphatic rings. The fourth-order valence-electron chi connectivity index (χ4n) is 2.00. The number of benzene rings is 1. The van der Waals surface area contributed by atoms with E-state index in [1.54, 1.807) is 0 Å². The van der Waals surface area contributed by atoms with Crippen LogP contribution >= 0.6 is 24.0 Å². The molecular weight excluding hydrogens is 460 g/mol. The van der Waals surface area contributed by atoms with Crippen LogP contribution in [0.5, 0.6) is 5.75 Å². The zero-order valence-electron chi connectivity index (χ0n) is 15.4. The second kappa shape index (κ2) is 13.0. The van der Waals surface area contributed by atoms with E-state index in [1.165, 1.54) is 7.05 Å². The summed E-state index contributed by atoms with van der Waals surface area (Å²) in [5, 5.41) is 5.62. The summed E-state index contributed by atoms with van der Waals surface area (Å²) in [6.07, 6.45) is -4.11. The number of rotatable bonds is 9. The lowest BCUT2D eigenvalue weighted by Crippen LogP contribution is -2.38. The van der Waals surface area contributed by atoms with E-state index in [1.807, 2.05) is 38.4 Å². The Kier molecular flexibility index (Phi) is 12.4. The molecule has 0 aliphatic carbocycles. The van der Waals surface area contributed by atoms with Crippen LogP contribution < -0.4 is 15.4 Å². The standard InChI is InChI=1S/C17H27F3N4O.HI/c1-21-16(22-10-9-17(18,19)20)23-13-14-5-7-15(8-6-14)25-12-4-11-24(2)3;/h5-8H,4,9-13H2,1-3H3,(H2,21,22,23);1H. The Morgan fingerprint density at radius 3 is 2.35 bits per heavy atom. The molecule has 1 aromatic rings. The smallest absolute Gasteiger partial charge is 0.390 e. The van der Waals surface area contributed by atoms with Crippen LogP contribution in [0.25, 0.3) is 0 Å². The third-order valence-corrected chi connectivity index (χ3v) is 3.33. The topological polar surface area (TPSA) is 48.9 Å². The first-order valence-corrected chi connectivity index (χ1v) is 8.18. The molecule has 1 rings (SSSR count). The third-order valence-electron chi connectivity index (χ3n) is 3.33. The molecule has 0 amide bonds. The van der Waals surface area contributed by atoms with E-state index in [9.17, 15) is 13.2 Å². The van der Waals surface area contributed by atoms with Gasteiger partial charge in [-0.2, -0.15) is 13.2 Å². The summed E-state index contributed by atoms with van der Waals surface area (Å²) in [6.45, 7) is 1.89. The van der Waals surface area contributed by atoms with Crippen molar-refractivity contribution in [2.45, 2.75) is 25.6 Å². The van der Waals surface area contributed by atoms with Gasteiger partial charge in [0.25, 0.3) is 0 Å². The highest BCUT2D eigenvalue weighted by Crippen LogP contribution is 2.18. The van der Waals surface area contributed by atoms with Crippen LogP contribution in [0.4, 0.5) is 13.2 Å². The minimum atomic E-state index is -4.17. The number of aliphatic imine (C=N–C) groups is 1. The third kappa shape index (κ3) is 12.2. The summed E-state index contributed by atoms with van der Waals surface area (Å²) >= 11 is 0. The molecule has 1 aromatic carbocycles. The predicted octanol–water partition coefficient (Wildman–Crippen LogP) is 3.25. The Bertz CT molecular complexity index is 522. The fraction of sp³-hybridized carbons (Fsp3) is 0.588. The first-order chi connectivity index (χ1) is 11.8. The molecular formula is C17H28F3IN4O. The molecule has 0 bridgehead atoms. The average molecular weight is 488 g/mol. The van der Waals surface area contributed by atoms with Crippen molar-refractivity contribution in [3.05, 3.63) is 29.8 Å². The largest absolute Gasteiger partial charge is 0.494 e.